The van der Waals surface area contributed by atoms with Crippen molar-refractivity contribution in [1.82, 2.24) is 0 Å². The van der Waals surface area contributed by atoms with Gasteiger partial charge in [-0.05, 0) is 41.9 Å². The second-order valence-electron chi connectivity index (χ2n) is 5.60. The lowest BCUT2D eigenvalue weighted by atomic mass is 9.79. The van der Waals surface area contributed by atoms with Crippen LogP contribution in [0.15, 0.2) is 0 Å². The maximum Gasteiger partial charge on any atom is 0.307 e. The lowest BCUT2D eigenvalue weighted by molar-refractivity contribution is -0.156. The van der Waals surface area contributed by atoms with Crippen molar-refractivity contribution in [2.75, 3.05) is 0 Å². The van der Waals surface area contributed by atoms with Gasteiger partial charge in [0, 0.05) is 0 Å². The largest absolute Gasteiger partial charge is 0.481 e. The van der Waals surface area contributed by atoms with Crippen LogP contribution in [0.1, 0.15) is 6.42 Å². The summed E-state index contributed by atoms with van der Waals surface area (Å²) in [7, 11) is 0. The van der Waals surface area contributed by atoms with Crippen LogP contribution >= 0.6 is 0 Å². The van der Waals surface area contributed by atoms with E-state index in [2.05, 4.69) is 0 Å². The molecule has 4 heteroatoms. The third-order valence-electron chi connectivity index (χ3n) is 5.50. The number of rotatable bonds is 2. The van der Waals surface area contributed by atoms with Gasteiger partial charge in [0.05, 0.1) is 11.8 Å². The van der Waals surface area contributed by atoms with Crippen molar-refractivity contribution in [2.24, 2.45) is 47.3 Å². The molecule has 15 heavy (non-hydrogen) atoms. The zero-order chi connectivity index (χ0) is 10.5. The van der Waals surface area contributed by atoms with Crippen molar-refractivity contribution in [3.63, 3.8) is 0 Å². The van der Waals surface area contributed by atoms with Gasteiger partial charge in [0.2, 0.25) is 0 Å². The Morgan fingerprint density at radius 2 is 1.20 bits per heavy atom. The molecule has 5 saturated carbocycles. The second-order valence-corrected chi connectivity index (χ2v) is 5.60. The molecule has 5 rings (SSSR count). The highest BCUT2D eigenvalue weighted by Crippen LogP contribution is 2.83. The van der Waals surface area contributed by atoms with Crippen molar-refractivity contribution >= 4 is 11.9 Å². The van der Waals surface area contributed by atoms with Crippen LogP contribution in [0.2, 0.25) is 0 Å². The van der Waals surface area contributed by atoms with E-state index in [1.54, 1.807) is 0 Å². The standard InChI is InChI=1S/C11H12O4/c12-10(13)8-6-3-1-2-4(6)5(2)7(3)9(8)11(14)15/h2-9H,1H2,(H,12,13)(H,14,15). The highest BCUT2D eigenvalue weighted by Gasteiger charge is 2.82. The molecule has 5 fully saturated rings. The molecule has 6 unspecified atom stereocenters. The molecule has 5 aliphatic carbocycles. The number of hydrogen-bond acceptors (Lipinski definition) is 2. The van der Waals surface area contributed by atoms with Crippen LogP contribution in [-0.4, -0.2) is 22.2 Å². The Labute approximate surface area is 86.3 Å². The molecule has 80 valence electrons. The maximum atomic E-state index is 11.2. The molecule has 0 radical (unpaired) electrons. The Kier molecular flexibility index (Phi) is 1.12. The average molecular weight is 208 g/mol. The zero-order valence-corrected chi connectivity index (χ0v) is 8.04. The molecule has 0 aromatic carbocycles. The first kappa shape index (κ1) is 8.13. The van der Waals surface area contributed by atoms with Gasteiger partial charge in [-0.1, -0.05) is 0 Å². The van der Waals surface area contributed by atoms with E-state index in [0.717, 1.165) is 6.42 Å². The highest BCUT2D eigenvalue weighted by molar-refractivity contribution is 5.82. The van der Waals surface area contributed by atoms with E-state index >= 15 is 0 Å². The summed E-state index contributed by atoms with van der Waals surface area (Å²) in [6.07, 6.45) is 1.11. The number of aliphatic carboxylic acids is 2. The van der Waals surface area contributed by atoms with Crippen LogP contribution in [0.3, 0.4) is 0 Å². The second kappa shape index (κ2) is 2.06. The van der Waals surface area contributed by atoms with Crippen LogP contribution in [0.25, 0.3) is 0 Å². The summed E-state index contributed by atoms with van der Waals surface area (Å²) in [6.45, 7) is 0. The third-order valence-corrected chi connectivity index (χ3v) is 5.50. The van der Waals surface area contributed by atoms with E-state index in [-0.39, 0.29) is 11.8 Å². The number of carboxylic acid groups (broad SMARTS) is 2. The first-order valence-electron chi connectivity index (χ1n) is 5.58. The quantitative estimate of drug-likeness (QED) is 0.694. The minimum atomic E-state index is -0.883. The number of hydrogen-bond donors (Lipinski definition) is 2. The molecule has 5 aliphatic rings. The van der Waals surface area contributed by atoms with E-state index in [4.69, 9.17) is 10.2 Å². The van der Waals surface area contributed by atoms with E-state index in [1.165, 1.54) is 0 Å². The topological polar surface area (TPSA) is 74.6 Å². The minimum absolute atomic E-state index is 0.198. The van der Waals surface area contributed by atoms with Crippen LogP contribution in [0.5, 0.6) is 0 Å². The monoisotopic (exact) mass is 208 g/mol. The predicted molar refractivity (Wildman–Crippen MR) is 47.8 cm³/mol. The normalized spacial score (nSPS) is 62.1. The van der Waals surface area contributed by atoms with Gasteiger partial charge < -0.3 is 10.2 Å². The molecule has 0 aliphatic heterocycles. The van der Waals surface area contributed by atoms with E-state index in [1.807, 2.05) is 0 Å². The first-order chi connectivity index (χ1) is 7.13. The molecule has 0 heterocycles. The lowest BCUT2D eigenvalue weighted by Crippen LogP contribution is -2.35. The van der Waals surface area contributed by atoms with Gasteiger partial charge in [0.1, 0.15) is 0 Å². The fourth-order valence-electron chi connectivity index (χ4n) is 5.41. The summed E-state index contributed by atoms with van der Waals surface area (Å²) in [5.41, 5.74) is 0. The summed E-state index contributed by atoms with van der Waals surface area (Å²) in [6, 6.07) is 0. The van der Waals surface area contributed by atoms with E-state index in [0.29, 0.717) is 23.7 Å². The Morgan fingerprint density at radius 3 is 1.53 bits per heavy atom. The summed E-state index contributed by atoms with van der Waals surface area (Å²) in [4.78, 5) is 22.3. The van der Waals surface area contributed by atoms with Crippen molar-refractivity contribution < 1.29 is 19.8 Å². The Balaban J connectivity index is 1.81. The number of carbonyl (C=O) groups is 2. The van der Waals surface area contributed by atoms with Crippen molar-refractivity contribution in [3.8, 4) is 0 Å². The van der Waals surface area contributed by atoms with Crippen LogP contribution in [0, 0.1) is 47.3 Å². The van der Waals surface area contributed by atoms with Crippen molar-refractivity contribution in [1.29, 1.82) is 0 Å². The summed E-state index contributed by atoms with van der Waals surface area (Å²) in [5, 5.41) is 18.3. The Bertz CT molecular complexity index is 356. The van der Waals surface area contributed by atoms with Crippen molar-refractivity contribution in [3.05, 3.63) is 0 Å². The van der Waals surface area contributed by atoms with Gasteiger partial charge in [-0.3, -0.25) is 9.59 Å². The molecular formula is C11H12O4. The summed E-state index contributed by atoms with van der Waals surface area (Å²) in [5.74, 6) is -0.279. The van der Waals surface area contributed by atoms with Gasteiger partial charge in [-0.2, -0.15) is 0 Å². The van der Waals surface area contributed by atoms with Gasteiger partial charge >= 0.3 is 11.9 Å². The van der Waals surface area contributed by atoms with Crippen molar-refractivity contribution in [2.45, 2.75) is 6.42 Å². The fraction of sp³-hybridized carbons (Fsp3) is 0.818. The first-order valence-corrected chi connectivity index (χ1v) is 5.58. The van der Waals surface area contributed by atoms with E-state index < -0.39 is 23.8 Å². The molecule has 2 N–H and O–H groups in total. The molecule has 6 atom stereocenters. The van der Waals surface area contributed by atoms with Gasteiger partial charge in [-0.25, -0.2) is 0 Å². The average Bonchev–Trinajstić information content (AvgIpc) is 2.55. The molecule has 0 saturated heterocycles. The smallest absolute Gasteiger partial charge is 0.307 e. The van der Waals surface area contributed by atoms with Gasteiger partial charge in [0.25, 0.3) is 0 Å². The molecule has 0 spiro atoms. The van der Waals surface area contributed by atoms with Gasteiger partial charge in [-0.15, -0.1) is 0 Å². The van der Waals surface area contributed by atoms with Crippen LogP contribution < -0.4 is 0 Å². The zero-order valence-electron chi connectivity index (χ0n) is 8.04. The fourth-order valence-corrected chi connectivity index (χ4v) is 5.41. The predicted octanol–water partition coefficient (Wildman–Crippen LogP) is 0.530. The highest BCUT2D eigenvalue weighted by atomic mass is 16.4. The van der Waals surface area contributed by atoms with Gasteiger partial charge in [0.15, 0.2) is 0 Å². The Hall–Kier alpha value is -1.06. The van der Waals surface area contributed by atoms with E-state index in [9.17, 15) is 9.59 Å². The molecule has 6 bridgehead atoms. The molecular weight excluding hydrogens is 196 g/mol. The Morgan fingerprint density at radius 1 is 0.800 bits per heavy atom. The molecule has 0 amide bonds. The molecule has 0 aromatic rings. The summed E-state index contributed by atoms with van der Waals surface area (Å²) < 4.78 is 0. The van der Waals surface area contributed by atoms with Crippen LogP contribution in [-0.2, 0) is 9.59 Å². The minimum Gasteiger partial charge on any atom is -0.481 e. The summed E-state index contributed by atoms with van der Waals surface area (Å²) >= 11 is 0. The third kappa shape index (κ3) is 0.647. The lowest BCUT2D eigenvalue weighted by Gasteiger charge is -2.23. The molecule has 0 aromatic heterocycles. The number of carboxylic acids is 2. The SMILES string of the molecule is O=C(O)C1C(C(=O)O)C2C3CC4C(C31)C42. The maximum absolute atomic E-state index is 11.2. The van der Waals surface area contributed by atoms with Crippen LogP contribution in [0.4, 0.5) is 0 Å². The molecule has 4 nitrogen and oxygen atoms in total.